The molecule has 1 atom stereocenters. The number of carbonyl (C=O) groups is 1. The van der Waals surface area contributed by atoms with Gasteiger partial charge in [0.25, 0.3) is 0 Å². The van der Waals surface area contributed by atoms with E-state index in [-0.39, 0.29) is 11.5 Å². The van der Waals surface area contributed by atoms with Crippen LogP contribution in [-0.4, -0.2) is 18.3 Å². The summed E-state index contributed by atoms with van der Waals surface area (Å²) in [6.07, 6.45) is 14.2. The van der Waals surface area contributed by atoms with Crippen LogP contribution in [0, 0.1) is 11.3 Å². The van der Waals surface area contributed by atoms with Crippen LogP contribution in [0.5, 0.6) is 0 Å². The van der Waals surface area contributed by atoms with Gasteiger partial charge in [0.2, 0.25) is 0 Å². The summed E-state index contributed by atoms with van der Waals surface area (Å²) in [5, 5.41) is 3.81. The number of urea groups is 1. The molecule has 126 valence electrons. The number of nitrogens with zero attached hydrogens (tertiary/aromatic N) is 1. The maximum absolute atomic E-state index is 10.5. The quantitative estimate of drug-likeness (QED) is 0.250. The lowest BCUT2D eigenvalue weighted by atomic mass is 9.91. The van der Waals surface area contributed by atoms with Crippen LogP contribution >= 0.6 is 0 Å². The van der Waals surface area contributed by atoms with E-state index in [2.05, 4.69) is 62.5 Å². The maximum Gasteiger partial charge on any atom is 0.332 e. The second kappa shape index (κ2) is 11.0. The van der Waals surface area contributed by atoms with Crippen LogP contribution in [0.2, 0.25) is 0 Å². The number of unbranched alkanes of at least 4 members (excludes halogenated alkanes) is 1. The second-order valence-electron chi connectivity index (χ2n) is 6.59. The van der Waals surface area contributed by atoms with Crippen LogP contribution in [0.15, 0.2) is 29.4 Å². The highest BCUT2D eigenvalue weighted by atomic mass is 16.2. The average molecular weight is 308 g/mol. The molecule has 0 heterocycles. The van der Waals surface area contributed by atoms with Gasteiger partial charge in [-0.25, -0.2) is 10.2 Å². The molecule has 1 unspecified atom stereocenters. The third kappa shape index (κ3) is 12.1. The highest BCUT2D eigenvalue weighted by molar-refractivity contribution is 5.73. The Morgan fingerprint density at radius 2 is 1.77 bits per heavy atom. The zero-order valence-corrected chi connectivity index (χ0v) is 14.4. The monoisotopic (exact) mass is 308 g/mol. The summed E-state index contributed by atoms with van der Waals surface area (Å²) in [7, 11) is 0. The van der Waals surface area contributed by atoms with Crippen molar-refractivity contribution in [3.8, 4) is 0 Å². The number of hydrazone groups is 1. The predicted molar refractivity (Wildman–Crippen MR) is 94.6 cm³/mol. The van der Waals surface area contributed by atoms with Gasteiger partial charge in [0, 0.05) is 17.7 Å². The summed E-state index contributed by atoms with van der Waals surface area (Å²) in [4.78, 5) is 10.5. The van der Waals surface area contributed by atoms with Crippen LogP contribution in [0.3, 0.4) is 0 Å². The molecule has 0 aromatic carbocycles. The van der Waals surface area contributed by atoms with Gasteiger partial charge in [-0.3, -0.25) is 0 Å². The SMILES string of the molecule is CC(C)C(N)CC=CCCC=CCC(C)(C)C=NNC(N)=O. The van der Waals surface area contributed by atoms with Crippen molar-refractivity contribution < 1.29 is 4.79 Å². The maximum atomic E-state index is 10.5. The van der Waals surface area contributed by atoms with E-state index in [4.69, 9.17) is 11.5 Å². The summed E-state index contributed by atoms with van der Waals surface area (Å²) in [5.41, 5.74) is 13.0. The zero-order valence-electron chi connectivity index (χ0n) is 14.4. The zero-order chi connectivity index (χ0) is 17.0. The molecular formula is C17H32N4O. The van der Waals surface area contributed by atoms with E-state index >= 15 is 0 Å². The van der Waals surface area contributed by atoms with Crippen LogP contribution in [-0.2, 0) is 0 Å². The Hall–Kier alpha value is -1.62. The minimum Gasteiger partial charge on any atom is -0.350 e. The summed E-state index contributed by atoms with van der Waals surface area (Å²) in [5.74, 6) is 0.525. The molecule has 0 aromatic heterocycles. The van der Waals surface area contributed by atoms with Crippen LogP contribution < -0.4 is 16.9 Å². The number of nitrogens with one attached hydrogen (secondary N) is 1. The molecule has 0 saturated heterocycles. The van der Waals surface area contributed by atoms with Crippen molar-refractivity contribution in [2.75, 3.05) is 0 Å². The van der Waals surface area contributed by atoms with Gasteiger partial charge in [0.05, 0.1) is 0 Å². The van der Waals surface area contributed by atoms with E-state index in [0.29, 0.717) is 5.92 Å². The van der Waals surface area contributed by atoms with E-state index < -0.39 is 6.03 Å². The Bertz CT molecular complexity index is 397. The first-order chi connectivity index (χ1) is 10.2. The molecule has 0 saturated carbocycles. The van der Waals surface area contributed by atoms with E-state index in [1.54, 1.807) is 6.21 Å². The molecular weight excluding hydrogens is 276 g/mol. The molecule has 0 rings (SSSR count). The minimum atomic E-state index is -0.647. The minimum absolute atomic E-state index is 0.112. The van der Waals surface area contributed by atoms with Gasteiger partial charge in [0.1, 0.15) is 0 Å². The molecule has 0 aliphatic carbocycles. The van der Waals surface area contributed by atoms with Gasteiger partial charge in [-0.1, -0.05) is 52.0 Å². The number of hydrogen-bond donors (Lipinski definition) is 3. The van der Waals surface area contributed by atoms with Crippen molar-refractivity contribution in [1.82, 2.24) is 5.43 Å². The molecule has 22 heavy (non-hydrogen) atoms. The second-order valence-corrected chi connectivity index (χ2v) is 6.59. The average Bonchev–Trinajstić information content (AvgIpc) is 2.40. The molecule has 0 aliphatic rings. The summed E-state index contributed by atoms with van der Waals surface area (Å²) >= 11 is 0. The van der Waals surface area contributed by atoms with E-state index in [1.807, 2.05) is 0 Å². The molecule has 0 bridgehead atoms. The summed E-state index contributed by atoms with van der Waals surface area (Å²) < 4.78 is 0. The van der Waals surface area contributed by atoms with Crippen LogP contribution in [0.1, 0.15) is 53.4 Å². The van der Waals surface area contributed by atoms with Crippen molar-refractivity contribution >= 4 is 12.2 Å². The van der Waals surface area contributed by atoms with Crippen LogP contribution in [0.25, 0.3) is 0 Å². The number of nitrogens with two attached hydrogens (primary N) is 2. The lowest BCUT2D eigenvalue weighted by molar-refractivity contribution is 0.249. The normalized spacial score (nSPS) is 14.5. The Kier molecular flexibility index (Phi) is 10.2. The van der Waals surface area contributed by atoms with E-state index in [0.717, 1.165) is 25.7 Å². The molecule has 5 N–H and O–H groups in total. The standard InChI is InChI=1S/C17H32N4O/c1-14(2)15(18)11-9-7-5-6-8-10-12-17(3,4)13-20-21-16(19)22/h7-10,13-15H,5-6,11-12,18H2,1-4H3,(H3,19,21,22). The van der Waals surface area contributed by atoms with Crippen molar-refractivity contribution in [2.24, 2.45) is 27.9 Å². The van der Waals surface area contributed by atoms with Gasteiger partial charge in [0.15, 0.2) is 0 Å². The molecule has 5 heteroatoms. The Balaban J connectivity index is 3.88. The van der Waals surface area contributed by atoms with Crippen LogP contribution in [0.4, 0.5) is 4.79 Å². The molecule has 0 aliphatic heterocycles. The first kappa shape index (κ1) is 20.4. The summed E-state index contributed by atoms with van der Waals surface area (Å²) in [6, 6.07) is -0.396. The highest BCUT2D eigenvalue weighted by Gasteiger charge is 2.12. The molecule has 5 nitrogen and oxygen atoms in total. The van der Waals surface area contributed by atoms with Crippen molar-refractivity contribution in [3.05, 3.63) is 24.3 Å². The molecule has 0 radical (unpaired) electrons. The fraction of sp³-hybridized carbons (Fsp3) is 0.647. The van der Waals surface area contributed by atoms with Gasteiger partial charge >= 0.3 is 6.03 Å². The Morgan fingerprint density at radius 3 is 2.32 bits per heavy atom. The smallest absolute Gasteiger partial charge is 0.332 e. The van der Waals surface area contributed by atoms with E-state index in [1.165, 1.54) is 0 Å². The first-order valence-corrected chi connectivity index (χ1v) is 7.90. The van der Waals surface area contributed by atoms with Gasteiger partial charge < -0.3 is 11.5 Å². The number of carbonyl (C=O) groups excluding carboxylic acids is 1. The molecule has 0 fully saturated rings. The molecule has 0 spiro atoms. The predicted octanol–water partition coefficient (Wildman–Crippen LogP) is 3.32. The van der Waals surface area contributed by atoms with Crippen molar-refractivity contribution in [1.29, 1.82) is 0 Å². The lowest BCUT2D eigenvalue weighted by Gasteiger charge is -2.15. The number of rotatable bonds is 10. The van der Waals surface area contributed by atoms with Gasteiger partial charge in [-0.05, 0) is 31.6 Å². The number of hydrogen-bond acceptors (Lipinski definition) is 3. The van der Waals surface area contributed by atoms with Gasteiger partial charge in [-0.15, -0.1) is 0 Å². The molecule has 2 amide bonds. The fourth-order valence-electron chi connectivity index (χ4n) is 1.66. The summed E-state index contributed by atoms with van der Waals surface area (Å²) in [6.45, 7) is 8.39. The van der Waals surface area contributed by atoms with E-state index in [9.17, 15) is 4.79 Å². The Morgan fingerprint density at radius 1 is 1.18 bits per heavy atom. The number of primary amides is 1. The topological polar surface area (TPSA) is 93.5 Å². The fourth-order valence-corrected chi connectivity index (χ4v) is 1.66. The first-order valence-electron chi connectivity index (χ1n) is 7.90. The van der Waals surface area contributed by atoms with Gasteiger partial charge in [-0.2, -0.15) is 5.10 Å². The van der Waals surface area contributed by atoms with Crippen molar-refractivity contribution in [3.63, 3.8) is 0 Å². The third-order valence-electron chi connectivity index (χ3n) is 3.33. The van der Waals surface area contributed by atoms with Crippen molar-refractivity contribution in [2.45, 2.75) is 59.4 Å². The lowest BCUT2D eigenvalue weighted by Crippen LogP contribution is -2.26. The highest BCUT2D eigenvalue weighted by Crippen LogP contribution is 2.18. The number of amides is 2. The largest absolute Gasteiger partial charge is 0.350 e. The number of allylic oxidation sites excluding steroid dienone is 3. The molecule has 0 aromatic rings. The Labute approximate surface area is 134 Å². The third-order valence-corrected chi connectivity index (χ3v) is 3.33.